The van der Waals surface area contributed by atoms with Crippen molar-refractivity contribution in [2.45, 2.75) is 32.0 Å². The molecule has 2 atom stereocenters. The average Bonchev–Trinajstić information content (AvgIpc) is 2.84. The van der Waals surface area contributed by atoms with Crippen LogP contribution in [0, 0.1) is 18.3 Å². The molecule has 1 unspecified atom stereocenters. The highest BCUT2D eigenvalue weighted by Gasteiger charge is 2.34. The fourth-order valence-electron chi connectivity index (χ4n) is 4.68. The average molecular weight is 438 g/mol. The molecule has 1 saturated heterocycles. The number of fused-ring (bicyclic) bond motifs is 1. The van der Waals surface area contributed by atoms with E-state index < -0.39 is 0 Å². The van der Waals surface area contributed by atoms with Crippen LogP contribution in [0.25, 0.3) is 0 Å². The summed E-state index contributed by atoms with van der Waals surface area (Å²) in [5.74, 6) is -0.0520. The largest absolute Gasteiger partial charge is 0.370 e. The van der Waals surface area contributed by atoms with Gasteiger partial charge in [0.1, 0.15) is 6.17 Å². The Labute approximate surface area is 194 Å². The molecule has 0 bridgehead atoms. The number of carbonyl (C=O) groups is 1. The van der Waals surface area contributed by atoms with E-state index in [0.717, 1.165) is 54.1 Å². The highest BCUT2D eigenvalue weighted by atomic mass is 16.2. The van der Waals surface area contributed by atoms with E-state index in [1.807, 2.05) is 55.5 Å². The van der Waals surface area contributed by atoms with Crippen molar-refractivity contribution in [3.63, 3.8) is 0 Å². The zero-order valence-electron chi connectivity index (χ0n) is 18.7. The number of nitrogens with two attached hydrogens (primary N) is 1. The van der Waals surface area contributed by atoms with Gasteiger partial charge in [0, 0.05) is 30.5 Å². The third-order valence-corrected chi connectivity index (χ3v) is 6.49. The Balaban J connectivity index is 1.56. The highest BCUT2D eigenvalue weighted by Crippen LogP contribution is 2.38. The fourth-order valence-corrected chi connectivity index (χ4v) is 4.68. The number of nitrogens with zero attached hydrogens (tertiary/aromatic N) is 3. The topological polar surface area (TPSA) is 85.4 Å². The number of rotatable bonds is 3. The predicted octanol–water partition coefficient (Wildman–Crippen LogP) is 4.57. The Morgan fingerprint density at radius 1 is 1.03 bits per heavy atom. The van der Waals surface area contributed by atoms with Gasteiger partial charge in [0.2, 0.25) is 0 Å². The van der Waals surface area contributed by atoms with Crippen LogP contribution in [0.1, 0.15) is 46.1 Å². The lowest BCUT2D eigenvalue weighted by Crippen LogP contribution is -2.44. The number of hydrogen-bond acceptors (Lipinski definition) is 5. The number of amides is 1. The lowest BCUT2D eigenvalue weighted by atomic mass is 10.00. The van der Waals surface area contributed by atoms with Crippen LogP contribution in [-0.4, -0.2) is 25.0 Å². The van der Waals surface area contributed by atoms with E-state index >= 15 is 0 Å². The van der Waals surface area contributed by atoms with Crippen molar-refractivity contribution < 1.29 is 4.79 Å². The van der Waals surface area contributed by atoms with E-state index in [1.54, 1.807) is 17.0 Å². The first kappa shape index (κ1) is 21.0. The maximum atomic E-state index is 13.7. The number of carbonyl (C=O) groups excluding carboxylic acids is 1. The summed E-state index contributed by atoms with van der Waals surface area (Å²) in [6, 6.07) is 23.7. The van der Waals surface area contributed by atoms with Crippen molar-refractivity contribution in [3.8, 4) is 6.07 Å². The maximum Gasteiger partial charge on any atom is 0.262 e. The van der Waals surface area contributed by atoms with Gasteiger partial charge in [-0.25, -0.2) is 0 Å². The molecule has 0 aliphatic carbocycles. The van der Waals surface area contributed by atoms with Gasteiger partial charge in [0.15, 0.2) is 0 Å². The molecule has 33 heavy (non-hydrogen) atoms. The molecule has 2 aliphatic rings. The standard InChI is InChI=1S/C27H27N5O/c1-18-4-10-22(11-5-18)32-26(20-8-6-19(16-28)7-9-20)30-25-15-23(12-13-24(25)27(32)33)31-14-2-3-21(29)17-31/h4-13,15,21,26,30H,2-3,14,17,29H2,1H3/t21-,26?/m0/s1. The molecule has 6 nitrogen and oxygen atoms in total. The summed E-state index contributed by atoms with van der Waals surface area (Å²) in [5, 5.41) is 12.8. The van der Waals surface area contributed by atoms with E-state index in [2.05, 4.69) is 22.4 Å². The second-order valence-electron chi connectivity index (χ2n) is 8.87. The van der Waals surface area contributed by atoms with Crippen LogP contribution >= 0.6 is 0 Å². The maximum absolute atomic E-state index is 13.7. The summed E-state index contributed by atoms with van der Waals surface area (Å²) in [6.45, 7) is 3.82. The molecule has 2 heterocycles. The second kappa shape index (κ2) is 8.61. The Hall–Kier alpha value is -3.82. The van der Waals surface area contributed by atoms with Gasteiger partial charge >= 0.3 is 0 Å². The predicted molar refractivity (Wildman–Crippen MR) is 131 cm³/mol. The molecule has 5 rings (SSSR count). The zero-order chi connectivity index (χ0) is 22.9. The molecule has 3 aromatic rings. The number of nitriles is 1. The van der Waals surface area contributed by atoms with E-state index in [0.29, 0.717) is 11.1 Å². The second-order valence-corrected chi connectivity index (χ2v) is 8.87. The minimum absolute atomic E-state index is 0.0520. The quantitative estimate of drug-likeness (QED) is 0.627. The number of anilines is 3. The number of benzene rings is 3. The van der Waals surface area contributed by atoms with Crippen molar-refractivity contribution in [3.05, 3.63) is 89.0 Å². The molecule has 3 N–H and O–H groups in total. The Bertz CT molecular complexity index is 1210. The zero-order valence-corrected chi connectivity index (χ0v) is 18.7. The van der Waals surface area contributed by atoms with Gasteiger partial charge in [-0.2, -0.15) is 5.26 Å². The normalized spacial score (nSPS) is 20.1. The third-order valence-electron chi connectivity index (χ3n) is 6.49. The van der Waals surface area contributed by atoms with Crippen LogP contribution in [-0.2, 0) is 0 Å². The molecular weight excluding hydrogens is 410 g/mol. The highest BCUT2D eigenvalue weighted by molar-refractivity contribution is 6.12. The van der Waals surface area contributed by atoms with Crippen LogP contribution in [0.4, 0.5) is 17.1 Å². The molecule has 0 spiro atoms. The molecule has 2 aliphatic heterocycles. The summed E-state index contributed by atoms with van der Waals surface area (Å²) < 4.78 is 0. The van der Waals surface area contributed by atoms with E-state index in [1.165, 1.54) is 0 Å². The molecule has 166 valence electrons. The van der Waals surface area contributed by atoms with Gasteiger partial charge in [-0.05, 0) is 67.8 Å². The van der Waals surface area contributed by atoms with Crippen molar-refractivity contribution in [2.24, 2.45) is 5.73 Å². The Morgan fingerprint density at radius 3 is 2.45 bits per heavy atom. The van der Waals surface area contributed by atoms with Crippen molar-refractivity contribution in [2.75, 3.05) is 28.2 Å². The van der Waals surface area contributed by atoms with Crippen molar-refractivity contribution >= 4 is 23.0 Å². The van der Waals surface area contributed by atoms with E-state index in [4.69, 9.17) is 5.73 Å². The Morgan fingerprint density at radius 2 is 1.76 bits per heavy atom. The van der Waals surface area contributed by atoms with Crippen LogP contribution in [0.3, 0.4) is 0 Å². The van der Waals surface area contributed by atoms with E-state index in [-0.39, 0.29) is 18.1 Å². The summed E-state index contributed by atoms with van der Waals surface area (Å²) in [6.07, 6.45) is 1.73. The molecule has 0 aromatic heterocycles. The SMILES string of the molecule is Cc1ccc(N2C(=O)c3ccc(N4CCC[C@H](N)C4)cc3NC2c2ccc(C#N)cc2)cc1. The monoisotopic (exact) mass is 437 g/mol. The van der Waals surface area contributed by atoms with Crippen LogP contribution in [0.2, 0.25) is 0 Å². The minimum atomic E-state index is -0.390. The van der Waals surface area contributed by atoms with Gasteiger partial charge in [0.25, 0.3) is 5.91 Å². The fraction of sp³-hybridized carbons (Fsp3) is 0.259. The summed E-state index contributed by atoms with van der Waals surface area (Å²) in [7, 11) is 0. The van der Waals surface area contributed by atoms with Gasteiger partial charge in [-0.3, -0.25) is 9.69 Å². The molecule has 6 heteroatoms. The third kappa shape index (κ3) is 4.04. The molecule has 3 aromatic carbocycles. The van der Waals surface area contributed by atoms with Gasteiger partial charge in [-0.15, -0.1) is 0 Å². The van der Waals surface area contributed by atoms with Crippen LogP contribution in [0.15, 0.2) is 66.7 Å². The van der Waals surface area contributed by atoms with Gasteiger partial charge in [0.05, 0.1) is 22.9 Å². The van der Waals surface area contributed by atoms with Gasteiger partial charge in [-0.1, -0.05) is 29.8 Å². The molecular formula is C27H27N5O. The lowest BCUT2D eigenvalue weighted by Gasteiger charge is -2.39. The number of hydrogen-bond donors (Lipinski definition) is 2. The lowest BCUT2D eigenvalue weighted by molar-refractivity contribution is 0.0975. The van der Waals surface area contributed by atoms with Crippen molar-refractivity contribution in [1.82, 2.24) is 0 Å². The smallest absolute Gasteiger partial charge is 0.262 e. The minimum Gasteiger partial charge on any atom is -0.370 e. The van der Waals surface area contributed by atoms with Crippen LogP contribution in [0.5, 0.6) is 0 Å². The first-order valence-electron chi connectivity index (χ1n) is 11.3. The summed E-state index contributed by atoms with van der Waals surface area (Å²) in [4.78, 5) is 17.8. The van der Waals surface area contributed by atoms with Crippen molar-refractivity contribution in [1.29, 1.82) is 5.26 Å². The summed E-state index contributed by atoms with van der Waals surface area (Å²) >= 11 is 0. The van der Waals surface area contributed by atoms with Crippen LogP contribution < -0.4 is 20.9 Å². The summed E-state index contributed by atoms with van der Waals surface area (Å²) in [5.41, 5.74) is 12.2. The number of piperidine rings is 1. The Kier molecular flexibility index (Phi) is 5.49. The van der Waals surface area contributed by atoms with Gasteiger partial charge < -0.3 is 16.0 Å². The first-order chi connectivity index (χ1) is 16.0. The number of nitrogens with one attached hydrogen (secondary N) is 1. The number of aryl methyl sites for hydroxylation is 1. The molecule has 0 radical (unpaired) electrons. The molecule has 1 fully saturated rings. The van der Waals surface area contributed by atoms with E-state index in [9.17, 15) is 10.1 Å². The first-order valence-corrected chi connectivity index (χ1v) is 11.3. The molecule has 1 amide bonds. The molecule has 0 saturated carbocycles.